The molecule has 1 aromatic heterocycles. The van der Waals surface area contributed by atoms with Crippen LogP contribution in [0.2, 0.25) is 0 Å². The van der Waals surface area contributed by atoms with E-state index in [0.29, 0.717) is 20.8 Å². The average Bonchev–Trinajstić information content (AvgIpc) is 3.07. The van der Waals surface area contributed by atoms with E-state index in [-0.39, 0.29) is 30.6 Å². The fourth-order valence-electron chi connectivity index (χ4n) is 3.35. The van der Waals surface area contributed by atoms with Crippen LogP contribution >= 0.6 is 11.3 Å². The van der Waals surface area contributed by atoms with Gasteiger partial charge in [0, 0.05) is 18.0 Å². The first-order chi connectivity index (χ1) is 15.2. The lowest BCUT2D eigenvalue weighted by atomic mass is 10.1. The van der Waals surface area contributed by atoms with Gasteiger partial charge in [-0.3, -0.25) is 9.59 Å². The summed E-state index contributed by atoms with van der Waals surface area (Å²) in [5.74, 6) is -0.623. The van der Waals surface area contributed by atoms with Gasteiger partial charge in [-0.05, 0) is 44.9 Å². The number of carbonyl (C=O) groups excluding carboxylic acids is 3. The summed E-state index contributed by atoms with van der Waals surface area (Å²) in [7, 11) is 0. The van der Waals surface area contributed by atoms with E-state index in [1.807, 2.05) is 45.0 Å². The first-order valence-electron chi connectivity index (χ1n) is 10.2. The first-order valence-corrected chi connectivity index (χ1v) is 11.0. The number of ether oxygens (including phenoxy) is 2. The van der Waals surface area contributed by atoms with Crippen molar-refractivity contribution in [2.45, 2.75) is 34.6 Å². The van der Waals surface area contributed by atoms with Gasteiger partial charge in [0.05, 0.1) is 11.3 Å². The molecule has 0 radical (unpaired) electrons. The number of benzene rings is 2. The lowest BCUT2D eigenvalue weighted by molar-refractivity contribution is -0.118. The van der Waals surface area contributed by atoms with Crippen molar-refractivity contribution in [3.8, 4) is 5.75 Å². The first kappa shape index (κ1) is 23.3. The van der Waals surface area contributed by atoms with E-state index >= 15 is 0 Å². The molecule has 0 atom stereocenters. The summed E-state index contributed by atoms with van der Waals surface area (Å²) in [4.78, 5) is 36.8. The van der Waals surface area contributed by atoms with Crippen molar-refractivity contribution >= 4 is 49.9 Å². The number of esters is 1. The fraction of sp³-hybridized carbons (Fsp3) is 0.292. The zero-order chi connectivity index (χ0) is 23.4. The maximum absolute atomic E-state index is 12.6. The second-order valence-electron chi connectivity index (χ2n) is 7.45. The van der Waals surface area contributed by atoms with Crippen molar-refractivity contribution in [1.29, 1.82) is 0 Å². The summed E-state index contributed by atoms with van der Waals surface area (Å²) in [6, 6.07) is 9.39. The number of anilines is 2. The number of rotatable bonds is 7. The van der Waals surface area contributed by atoms with E-state index < -0.39 is 5.97 Å². The van der Waals surface area contributed by atoms with Crippen LogP contribution in [0.4, 0.5) is 10.7 Å². The van der Waals surface area contributed by atoms with Gasteiger partial charge in [-0.1, -0.05) is 29.8 Å². The van der Waals surface area contributed by atoms with E-state index in [4.69, 9.17) is 9.47 Å². The minimum atomic E-state index is -0.523. The minimum Gasteiger partial charge on any atom is -0.482 e. The van der Waals surface area contributed by atoms with Crippen molar-refractivity contribution < 1.29 is 23.9 Å². The van der Waals surface area contributed by atoms with Crippen molar-refractivity contribution in [3.05, 3.63) is 52.6 Å². The van der Waals surface area contributed by atoms with Crippen molar-refractivity contribution in [2.75, 3.05) is 23.8 Å². The van der Waals surface area contributed by atoms with Crippen molar-refractivity contribution in [2.24, 2.45) is 0 Å². The third-order valence-corrected chi connectivity index (χ3v) is 5.90. The third kappa shape index (κ3) is 5.08. The molecule has 0 fully saturated rings. The third-order valence-electron chi connectivity index (χ3n) is 4.78. The van der Waals surface area contributed by atoms with Crippen LogP contribution in [0.3, 0.4) is 0 Å². The van der Waals surface area contributed by atoms with Crippen LogP contribution in [0.25, 0.3) is 10.1 Å². The fourth-order valence-corrected chi connectivity index (χ4v) is 4.63. The Morgan fingerprint density at radius 1 is 1.00 bits per heavy atom. The molecule has 0 aliphatic rings. The van der Waals surface area contributed by atoms with Gasteiger partial charge in [0.25, 0.3) is 5.91 Å². The summed E-state index contributed by atoms with van der Waals surface area (Å²) in [6.45, 7) is 8.89. The standard InChI is InChI=1S/C24H26N2O5S/c1-6-30-24(29)20-17-9-8-14(3)21(22(17)32-23(20)25-16(5)27)31-12-19(28)26-18-10-7-13(2)11-15(18)4/h7-11H,6,12H2,1-5H3,(H,25,27)(H,26,28). The van der Waals surface area contributed by atoms with Crippen molar-refractivity contribution in [1.82, 2.24) is 0 Å². The predicted molar refractivity (Wildman–Crippen MR) is 127 cm³/mol. The van der Waals surface area contributed by atoms with Crippen LogP contribution in [0.1, 0.15) is 40.9 Å². The Bertz CT molecular complexity index is 1200. The Balaban J connectivity index is 1.90. The summed E-state index contributed by atoms with van der Waals surface area (Å²) in [5.41, 5.74) is 3.90. The minimum absolute atomic E-state index is 0.199. The van der Waals surface area contributed by atoms with Gasteiger partial charge in [0.15, 0.2) is 6.61 Å². The van der Waals surface area contributed by atoms with E-state index in [1.54, 1.807) is 13.0 Å². The van der Waals surface area contributed by atoms with Gasteiger partial charge in [-0.25, -0.2) is 4.79 Å². The van der Waals surface area contributed by atoms with E-state index in [2.05, 4.69) is 10.6 Å². The Morgan fingerprint density at radius 3 is 2.41 bits per heavy atom. The van der Waals surface area contributed by atoms with E-state index in [0.717, 1.165) is 22.4 Å². The quantitative estimate of drug-likeness (QED) is 0.491. The number of fused-ring (bicyclic) bond motifs is 1. The molecule has 0 aliphatic carbocycles. The topological polar surface area (TPSA) is 93.7 Å². The van der Waals surface area contributed by atoms with Crippen LogP contribution in [-0.4, -0.2) is 31.0 Å². The Kier molecular flexibility index (Phi) is 7.15. The smallest absolute Gasteiger partial charge is 0.341 e. The summed E-state index contributed by atoms with van der Waals surface area (Å²) in [5, 5.41) is 6.56. The van der Waals surface area contributed by atoms with Gasteiger partial charge in [-0.15, -0.1) is 11.3 Å². The van der Waals surface area contributed by atoms with Gasteiger partial charge in [0.1, 0.15) is 16.3 Å². The number of carbonyl (C=O) groups is 3. The maximum atomic E-state index is 12.6. The lowest BCUT2D eigenvalue weighted by Crippen LogP contribution is -2.21. The molecule has 2 N–H and O–H groups in total. The molecule has 7 nitrogen and oxygen atoms in total. The molecule has 0 aliphatic heterocycles. The highest BCUT2D eigenvalue weighted by molar-refractivity contribution is 7.24. The normalized spacial score (nSPS) is 10.7. The molecule has 3 aromatic rings. The van der Waals surface area contributed by atoms with Crippen LogP contribution in [0.15, 0.2) is 30.3 Å². The number of amides is 2. The number of hydrogen-bond acceptors (Lipinski definition) is 6. The van der Waals surface area contributed by atoms with Crippen LogP contribution in [-0.2, 0) is 14.3 Å². The highest BCUT2D eigenvalue weighted by Crippen LogP contribution is 2.42. The van der Waals surface area contributed by atoms with Crippen molar-refractivity contribution in [3.63, 3.8) is 0 Å². The molecular formula is C24H26N2O5S. The molecule has 3 rings (SSSR count). The maximum Gasteiger partial charge on any atom is 0.341 e. The van der Waals surface area contributed by atoms with E-state index in [9.17, 15) is 14.4 Å². The number of thiophene rings is 1. The van der Waals surface area contributed by atoms with Crippen LogP contribution < -0.4 is 15.4 Å². The summed E-state index contributed by atoms with van der Waals surface area (Å²) < 4.78 is 11.7. The molecule has 1 heterocycles. The molecule has 0 spiro atoms. The second kappa shape index (κ2) is 9.82. The molecule has 2 aromatic carbocycles. The van der Waals surface area contributed by atoms with Gasteiger partial charge in [-0.2, -0.15) is 0 Å². The van der Waals surface area contributed by atoms with Gasteiger partial charge < -0.3 is 20.1 Å². The largest absolute Gasteiger partial charge is 0.482 e. The molecular weight excluding hydrogens is 428 g/mol. The zero-order valence-corrected chi connectivity index (χ0v) is 19.6. The molecule has 0 bridgehead atoms. The Labute approximate surface area is 190 Å². The Hall–Kier alpha value is -3.39. The highest BCUT2D eigenvalue weighted by Gasteiger charge is 2.24. The van der Waals surface area contributed by atoms with Crippen LogP contribution in [0, 0.1) is 20.8 Å². The molecule has 8 heteroatoms. The molecule has 168 valence electrons. The molecule has 0 saturated heterocycles. The molecule has 32 heavy (non-hydrogen) atoms. The van der Waals surface area contributed by atoms with Crippen LogP contribution in [0.5, 0.6) is 5.75 Å². The Morgan fingerprint density at radius 2 is 1.75 bits per heavy atom. The highest BCUT2D eigenvalue weighted by atomic mass is 32.1. The zero-order valence-electron chi connectivity index (χ0n) is 18.8. The number of nitrogens with one attached hydrogen (secondary N) is 2. The summed E-state index contributed by atoms with van der Waals surface area (Å²) in [6.07, 6.45) is 0. The van der Waals surface area contributed by atoms with Gasteiger partial charge >= 0.3 is 5.97 Å². The van der Waals surface area contributed by atoms with E-state index in [1.165, 1.54) is 18.3 Å². The SMILES string of the molecule is CCOC(=O)c1c(NC(C)=O)sc2c(OCC(=O)Nc3ccc(C)cc3C)c(C)ccc12. The summed E-state index contributed by atoms with van der Waals surface area (Å²) >= 11 is 1.22. The van der Waals surface area contributed by atoms with Gasteiger partial charge in [0.2, 0.25) is 5.91 Å². The number of aryl methyl sites for hydroxylation is 3. The monoisotopic (exact) mass is 454 g/mol. The molecule has 2 amide bonds. The number of hydrogen-bond donors (Lipinski definition) is 2. The molecule has 0 saturated carbocycles. The lowest BCUT2D eigenvalue weighted by Gasteiger charge is -2.12. The second-order valence-corrected chi connectivity index (χ2v) is 8.47. The predicted octanol–water partition coefficient (Wildman–Crippen LogP) is 4.98. The molecule has 0 unspecified atom stereocenters. The average molecular weight is 455 g/mol.